The summed E-state index contributed by atoms with van der Waals surface area (Å²) in [6.45, 7) is 1.90. The Kier molecular flexibility index (Phi) is 6.04. The Morgan fingerprint density at radius 1 is 1.09 bits per heavy atom. The van der Waals surface area contributed by atoms with E-state index in [1.54, 1.807) is 42.5 Å². The molecule has 2 aromatic rings. The van der Waals surface area contributed by atoms with Crippen molar-refractivity contribution >= 4 is 58.0 Å². The maximum atomic E-state index is 12.4. The molecule has 2 rings (SSSR count). The van der Waals surface area contributed by atoms with Crippen molar-refractivity contribution in [2.75, 3.05) is 5.32 Å². The van der Waals surface area contributed by atoms with Crippen LogP contribution < -0.4 is 10.6 Å². The normalized spacial score (nSPS) is 12.6. The number of carbonyl (C=O) groups excluding carboxylic acids is 1. The first-order chi connectivity index (χ1) is 10.8. The van der Waals surface area contributed by atoms with Gasteiger partial charge < -0.3 is 10.6 Å². The molecule has 3 nitrogen and oxygen atoms in total. The summed E-state index contributed by atoms with van der Waals surface area (Å²) in [5, 5.41) is 6.17. The highest BCUT2D eigenvalue weighted by Gasteiger charge is 2.34. The topological polar surface area (TPSA) is 41.1 Å². The standard InChI is InChI=1S/C16H14Cl4N2O/c1-10-4-2-5-11(8-10)14(23)22-15(16(18,19)20)21-13-7-3-6-12(17)9-13/h2-9,15,21H,1H3,(H,22,23)/t15-/m1/s1. The average Bonchev–Trinajstić information content (AvgIpc) is 2.45. The van der Waals surface area contributed by atoms with Crippen LogP contribution >= 0.6 is 46.4 Å². The second-order valence-electron chi connectivity index (χ2n) is 4.97. The third kappa shape index (κ3) is 5.47. The van der Waals surface area contributed by atoms with E-state index in [1.807, 2.05) is 13.0 Å². The lowest BCUT2D eigenvalue weighted by molar-refractivity contribution is 0.0942. The van der Waals surface area contributed by atoms with E-state index in [0.29, 0.717) is 16.3 Å². The highest BCUT2D eigenvalue weighted by molar-refractivity contribution is 6.68. The van der Waals surface area contributed by atoms with Gasteiger partial charge in [-0.2, -0.15) is 0 Å². The van der Waals surface area contributed by atoms with Gasteiger partial charge in [0.25, 0.3) is 5.91 Å². The van der Waals surface area contributed by atoms with Crippen LogP contribution in [0.15, 0.2) is 48.5 Å². The molecular weight excluding hydrogens is 378 g/mol. The minimum absolute atomic E-state index is 0.348. The van der Waals surface area contributed by atoms with Gasteiger partial charge in [0.2, 0.25) is 3.79 Å². The molecule has 122 valence electrons. The molecule has 2 N–H and O–H groups in total. The van der Waals surface area contributed by atoms with Gasteiger partial charge in [-0.1, -0.05) is 70.2 Å². The highest BCUT2D eigenvalue weighted by Crippen LogP contribution is 2.31. The molecule has 0 bridgehead atoms. The highest BCUT2D eigenvalue weighted by atomic mass is 35.6. The van der Waals surface area contributed by atoms with E-state index in [0.717, 1.165) is 5.56 Å². The van der Waals surface area contributed by atoms with Gasteiger partial charge in [0, 0.05) is 16.3 Å². The van der Waals surface area contributed by atoms with E-state index in [9.17, 15) is 4.79 Å². The molecule has 7 heteroatoms. The Labute approximate surface area is 154 Å². The first kappa shape index (κ1) is 18.2. The first-order valence-corrected chi connectivity index (χ1v) is 8.23. The van der Waals surface area contributed by atoms with Gasteiger partial charge in [-0.15, -0.1) is 0 Å². The van der Waals surface area contributed by atoms with Crippen LogP contribution in [0.1, 0.15) is 15.9 Å². The number of aryl methyl sites for hydroxylation is 1. The number of carbonyl (C=O) groups is 1. The van der Waals surface area contributed by atoms with Crippen molar-refractivity contribution < 1.29 is 4.79 Å². The monoisotopic (exact) mass is 390 g/mol. The summed E-state index contributed by atoms with van der Waals surface area (Å²) in [5.41, 5.74) is 2.07. The second kappa shape index (κ2) is 7.63. The van der Waals surface area contributed by atoms with Gasteiger partial charge in [0.05, 0.1) is 0 Å². The maximum absolute atomic E-state index is 12.4. The van der Waals surface area contributed by atoms with E-state index in [2.05, 4.69) is 10.6 Å². The van der Waals surface area contributed by atoms with Crippen molar-refractivity contribution in [2.24, 2.45) is 0 Å². The number of anilines is 1. The second-order valence-corrected chi connectivity index (χ2v) is 7.78. The van der Waals surface area contributed by atoms with Crippen molar-refractivity contribution in [3.63, 3.8) is 0 Å². The van der Waals surface area contributed by atoms with E-state index in [-0.39, 0.29) is 5.91 Å². The van der Waals surface area contributed by atoms with Crippen LogP contribution in [0.2, 0.25) is 5.02 Å². The van der Waals surface area contributed by atoms with Gasteiger partial charge >= 0.3 is 0 Å². The number of amides is 1. The fourth-order valence-electron chi connectivity index (χ4n) is 1.95. The van der Waals surface area contributed by atoms with Crippen molar-refractivity contribution in [2.45, 2.75) is 16.9 Å². The van der Waals surface area contributed by atoms with E-state index in [4.69, 9.17) is 46.4 Å². The number of halogens is 4. The molecular formula is C16H14Cl4N2O. The Bertz CT molecular complexity index is 700. The average molecular weight is 392 g/mol. The first-order valence-electron chi connectivity index (χ1n) is 6.72. The number of rotatable bonds is 4. The van der Waals surface area contributed by atoms with Crippen LogP contribution in [0.3, 0.4) is 0 Å². The molecule has 2 aromatic carbocycles. The smallest absolute Gasteiger partial charge is 0.252 e. The van der Waals surface area contributed by atoms with Crippen LogP contribution in [0, 0.1) is 6.92 Å². The predicted molar refractivity (Wildman–Crippen MR) is 97.8 cm³/mol. The molecule has 1 amide bonds. The fourth-order valence-corrected chi connectivity index (χ4v) is 2.46. The van der Waals surface area contributed by atoms with Crippen molar-refractivity contribution in [3.05, 3.63) is 64.7 Å². The van der Waals surface area contributed by atoms with E-state index < -0.39 is 9.96 Å². The van der Waals surface area contributed by atoms with Crippen LogP contribution in [0.25, 0.3) is 0 Å². The van der Waals surface area contributed by atoms with Crippen molar-refractivity contribution in [1.82, 2.24) is 5.32 Å². The zero-order valence-electron chi connectivity index (χ0n) is 12.1. The number of alkyl halides is 3. The molecule has 0 aliphatic heterocycles. The zero-order valence-corrected chi connectivity index (χ0v) is 15.1. The molecule has 0 spiro atoms. The fraction of sp³-hybridized carbons (Fsp3) is 0.188. The Morgan fingerprint density at radius 3 is 2.39 bits per heavy atom. The van der Waals surface area contributed by atoms with Gasteiger partial charge in [0.15, 0.2) is 0 Å². The summed E-state index contributed by atoms with van der Waals surface area (Å²) >= 11 is 23.9. The van der Waals surface area contributed by atoms with E-state index in [1.165, 1.54) is 0 Å². The largest absolute Gasteiger partial charge is 0.362 e. The summed E-state index contributed by atoms with van der Waals surface area (Å²) in [7, 11) is 0. The van der Waals surface area contributed by atoms with Crippen LogP contribution in [0.4, 0.5) is 5.69 Å². The molecule has 0 heterocycles. The summed E-state index contributed by atoms with van der Waals surface area (Å²) in [6.07, 6.45) is -0.932. The molecule has 0 unspecified atom stereocenters. The van der Waals surface area contributed by atoms with Crippen molar-refractivity contribution in [3.8, 4) is 0 Å². The third-order valence-electron chi connectivity index (χ3n) is 3.02. The van der Waals surface area contributed by atoms with Crippen LogP contribution in [-0.4, -0.2) is 15.9 Å². The number of benzene rings is 2. The summed E-state index contributed by atoms with van der Waals surface area (Å²) in [5.74, 6) is -0.348. The van der Waals surface area contributed by atoms with E-state index >= 15 is 0 Å². The lowest BCUT2D eigenvalue weighted by Crippen LogP contribution is -2.49. The minimum atomic E-state index is -1.75. The Morgan fingerprint density at radius 2 is 1.78 bits per heavy atom. The molecule has 0 fully saturated rings. The molecule has 0 aliphatic carbocycles. The van der Waals surface area contributed by atoms with Crippen LogP contribution in [-0.2, 0) is 0 Å². The van der Waals surface area contributed by atoms with Gasteiger partial charge in [0.1, 0.15) is 6.17 Å². The SMILES string of the molecule is Cc1cccc(C(=O)N[C@@H](Nc2cccc(Cl)c2)C(Cl)(Cl)Cl)c1. The minimum Gasteiger partial charge on any atom is -0.362 e. The molecule has 0 aliphatic rings. The lowest BCUT2D eigenvalue weighted by atomic mass is 10.1. The lowest BCUT2D eigenvalue weighted by Gasteiger charge is -2.27. The Hall–Kier alpha value is -1.13. The zero-order chi connectivity index (χ0) is 17.0. The van der Waals surface area contributed by atoms with Gasteiger partial charge in [-0.25, -0.2) is 0 Å². The van der Waals surface area contributed by atoms with Crippen molar-refractivity contribution in [1.29, 1.82) is 0 Å². The molecule has 0 radical (unpaired) electrons. The molecule has 0 saturated carbocycles. The van der Waals surface area contributed by atoms with Crippen LogP contribution in [0.5, 0.6) is 0 Å². The molecule has 0 aromatic heterocycles. The third-order valence-corrected chi connectivity index (χ3v) is 3.91. The molecule has 23 heavy (non-hydrogen) atoms. The number of hydrogen-bond acceptors (Lipinski definition) is 2. The molecule has 1 atom stereocenters. The summed E-state index contributed by atoms with van der Waals surface area (Å²) in [6, 6.07) is 14.0. The molecule has 0 saturated heterocycles. The number of nitrogens with one attached hydrogen (secondary N) is 2. The number of hydrogen-bond donors (Lipinski definition) is 2. The quantitative estimate of drug-likeness (QED) is 0.556. The Balaban J connectivity index is 2.18. The summed E-state index contributed by atoms with van der Waals surface area (Å²) < 4.78 is -1.75. The van der Waals surface area contributed by atoms with Gasteiger partial charge in [-0.05, 0) is 37.3 Å². The summed E-state index contributed by atoms with van der Waals surface area (Å²) in [4.78, 5) is 12.4. The maximum Gasteiger partial charge on any atom is 0.252 e. The van der Waals surface area contributed by atoms with Gasteiger partial charge in [-0.3, -0.25) is 4.79 Å². The predicted octanol–water partition coefficient (Wildman–Crippen LogP) is 5.19.